The molecular formula is C66H59N5O. The van der Waals surface area contributed by atoms with Gasteiger partial charge in [-0.05, 0) is 103 Å². The molecule has 0 radical (unpaired) electrons. The summed E-state index contributed by atoms with van der Waals surface area (Å²) in [6, 6.07) is 72.8. The maximum absolute atomic E-state index is 6.84. The predicted molar refractivity (Wildman–Crippen MR) is 295 cm³/mol. The molecule has 8 aromatic carbocycles. The Hall–Kier alpha value is -8.35. The molecule has 6 heteroatoms. The summed E-state index contributed by atoms with van der Waals surface area (Å²) in [5.41, 5.74) is 13.8. The average Bonchev–Trinajstić information content (AvgIpc) is 3.99. The standard InChI is InChI=1S/C66H59N5O/c1-64(2,3)49-38-50(65(4,5)6)40-52(39-49)69-44-70(68-63(69)62-55(45-22-12-9-13-23-45)31-21-32-56(62)46-24-14-10-15-25-46)51-28-20-29-53(42-51)72-54-34-35-58-57-30-18-19-33-59(57)71(60(58)43-54)61-41-48(36-37-67-61)66(7,8)47-26-16-11-17-27-47/h9-43H,1-8H3. The molecule has 0 atom stereocenters. The van der Waals surface area contributed by atoms with Crippen LogP contribution in [0.3, 0.4) is 0 Å². The number of nitrogens with zero attached hydrogens (tertiary/aromatic N) is 5. The first-order valence-corrected chi connectivity index (χ1v) is 24.9. The van der Waals surface area contributed by atoms with Crippen LogP contribution >= 0.6 is 0 Å². The first-order chi connectivity index (χ1) is 34.7. The van der Waals surface area contributed by atoms with Crippen LogP contribution in [0.5, 0.6) is 11.5 Å². The van der Waals surface area contributed by atoms with Gasteiger partial charge in [-0.3, -0.25) is 4.57 Å². The largest absolute Gasteiger partial charge is 0.458 e. The van der Waals surface area contributed by atoms with Crippen LogP contribution in [0.4, 0.5) is 0 Å². The lowest BCUT2D eigenvalue weighted by atomic mass is 9.78. The zero-order valence-electron chi connectivity index (χ0n) is 42.4. The van der Waals surface area contributed by atoms with Crippen molar-refractivity contribution in [1.82, 2.24) is 19.3 Å². The molecule has 0 amide bonds. The Labute approximate surface area is 423 Å². The van der Waals surface area contributed by atoms with Gasteiger partial charge in [0, 0.05) is 39.7 Å². The molecule has 0 aliphatic carbocycles. The Morgan fingerprint density at radius 2 is 1.06 bits per heavy atom. The van der Waals surface area contributed by atoms with E-state index < -0.39 is 0 Å². The van der Waals surface area contributed by atoms with E-state index in [1.54, 1.807) is 0 Å². The van der Waals surface area contributed by atoms with Crippen LogP contribution in [-0.4, -0.2) is 19.3 Å². The summed E-state index contributed by atoms with van der Waals surface area (Å²) in [5.74, 6) is 3.01. The summed E-state index contributed by atoms with van der Waals surface area (Å²) in [7, 11) is 0. The fraction of sp³-hybridized carbons (Fsp3) is 0.167. The van der Waals surface area contributed by atoms with Gasteiger partial charge in [0.2, 0.25) is 12.2 Å². The second kappa shape index (κ2) is 18.1. The summed E-state index contributed by atoms with van der Waals surface area (Å²) in [6.07, 6.45) is 5.69. The molecule has 6 nitrogen and oxygen atoms in total. The zero-order chi connectivity index (χ0) is 49.8. The summed E-state index contributed by atoms with van der Waals surface area (Å²) >= 11 is 0. The molecule has 3 heterocycles. The first-order valence-electron chi connectivity index (χ1n) is 24.9. The van der Waals surface area contributed by atoms with Gasteiger partial charge in [0.1, 0.15) is 17.3 Å². The average molecular weight is 938 g/mol. The number of ether oxygens (including phenoxy) is 1. The minimum absolute atomic E-state index is 0.104. The van der Waals surface area contributed by atoms with E-state index in [1.165, 1.54) is 22.3 Å². The van der Waals surface area contributed by atoms with Gasteiger partial charge in [-0.2, -0.15) is 4.68 Å². The van der Waals surface area contributed by atoms with Crippen LogP contribution in [0.15, 0.2) is 212 Å². The van der Waals surface area contributed by atoms with Crippen LogP contribution in [0.2, 0.25) is 0 Å². The van der Waals surface area contributed by atoms with Gasteiger partial charge >= 0.3 is 0 Å². The van der Waals surface area contributed by atoms with E-state index in [0.29, 0.717) is 11.5 Å². The van der Waals surface area contributed by atoms with E-state index in [-0.39, 0.29) is 16.2 Å². The Bertz CT molecular complexity index is 3670. The van der Waals surface area contributed by atoms with Crippen molar-refractivity contribution in [2.24, 2.45) is 0 Å². The van der Waals surface area contributed by atoms with Gasteiger partial charge < -0.3 is 9.30 Å². The fourth-order valence-electron chi connectivity index (χ4n) is 9.90. The van der Waals surface area contributed by atoms with Crippen molar-refractivity contribution in [3.05, 3.63) is 241 Å². The van der Waals surface area contributed by atoms with Gasteiger partial charge in [0.15, 0.2) is 0 Å². The number of fused-ring (bicyclic) bond motifs is 3. The minimum atomic E-state index is -0.232. The quantitative estimate of drug-likeness (QED) is 0.101. The van der Waals surface area contributed by atoms with Crippen molar-refractivity contribution in [2.45, 2.75) is 71.6 Å². The monoisotopic (exact) mass is 937 g/mol. The van der Waals surface area contributed by atoms with E-state index in [2.05, 4.69) is 259 Å². The fourth-order valence-corrected chi connectivity index (χ4v) is 9.90. The van der Waals surface area contributed by atoms with Crippen molar-refractivity contribution in [2.75, 3.05) is 0 Å². The lowest BCUT2D eigenvalue weighted by Crippen LogP contribution is -2.33. The highest BCUT2D eigenvalue weighted by Gasteiger charge is 2.27. The SMILES string of the molecule is CC(C)(C)c1cc(-[n+]2[c-]n(-c3cccc(Oc4ccc5c6ccccc6n(-c6cc(C(C)(C)c7ccccc7)ccn6)c5c4)c3)nc2-c2c(-c3ccccc3)cccc2-c2ccccc2)cc(C(C)(C)C)c1. The second-order valence-corrected chi connectivity index (χ2v) is 21.4. The number of benzene rings is 8. The first kappa shape index (κ1) is 46.1. The third kappa shape index (κ3) is 8.68. The number of rotatable bonds is 10. The van der Waals surface area contributed by atoms with Gasteiger partial charge in [0.05, 0.1) is 16.7 Å². The maximum Gasteiger partial charge on any atom is 0.233 e. The van der Waals surface area contributed by atoms with Gasteiger partial charge in [-0.25, -0.2) is 4.98 Å². The highest BCUT2D eigenvalue weighted by atomic mass is 16.5. The van der Waals surface area contributed by atoms with Crippen molar-refractivity contribution in [1.29, 1.82) is 0 Å². The molecule has 0 spiro atoms. The Morgan fingerprint density at radius 3 is 1.71 bits per heavy atom. The molecule has 0 aliphatic heterocycles. The molecule has 11 rings (SSSR count). The molecule has 11 aromatic rings. The molecule has 0 fully saturated rings. The molecule has 0 aliphatic rings. The maximum atomic E-state index is 6.84. The number of pyridine rings is 1. The van der Waals surface area contributed by atoms with Crippen LogP contribution in [0.1, 0.15) is 77.6 Å². The molecule has 0 saturated heterocycles. The van der Waals surface area contributed by atoms with E-state index in [0.717, 1.165) is 72.6 Å². The third-order valence-corrected chi connectivity index (χ3v) is 14.1. The molecule has 72 heavy (non-hydrogen) atoms. The number of hydrogen-bond acceptors (Lipinski definition) is 3. The topological polar surface area (TPSA) is 48.8 Å². The minimum Gasteiger partial charge on any atom is -0.458 e. The molecule has 0 bridgehead atoms. The second-order valence-electron chi connectivity index (χ2n) is 21.4. The highest BCUT2D eigenvalue weighted by Crippen LogP contribution is 2.41. The Morgan fingerprint density at radius 1 is 0.472 bits per heavy atom. The summed E-state index contributed by atoms with van der Waals surface area (Å²) < 4.78 is 13.1. The van der Waals surface area contributed by atoms with Gasteiger partial charge in [0.25, 0.3) is 0 Å². The molecule has 0 unspecified atom stereocenters. The van der Waals surface area contributed by atoms with E-state index >= 15 is 0 Å². The van der Waals surface area contributed by atoms with Crippen LogP contribution in [-0.2, 0) is 16.2 Å². The molecule has 0 N–H and O–H groups in total. The Kier molecular flexibility index (Phi) is 11.6. The van der Waals surface area contributed by atoms with Crippen molar-refractivity contribution >= 4 is 21.8 Å². The lowest BCUT2D eigenvalue weighted by Gasteiger charge is -2.27. The number of para-hydroxylation sites is 1. The van der Waals surface area contributed by atoms with Crippen LogP contribution < -0.4 is 9.30 Å². The van der Waals surface area contributed by atoms with Crippen LogP contribution in [0.25, 0.3) is 72.6 Å². The zero-order valence-corrected chi connectivity index (χ0v) is 42.4. The highest BCUT2D eigenvalue weighted by molar-refractivity contribution is 6.09. The molecule has 354 valence electrons. The summed E-state index contributed by atoms with van der Waals surface area (Å²) in [5, 5.41) is 7.82. The molecule has 3 aromatic heterocycles. The van der Waals surface area contributed by atoms with E-state index in [4.69, 9.17) is 14.8 Å². The van der Waals surface area contributed by atoms with E-state index in [1.807, 2.05) is 29.1 Å². The van der Waals surface area contributed by atoms with Crippen LogP contribution in [0, 0.1) is 6.33 Å². The van der Waals surface area contributed by atoms with Crippen molar-refractivity contribution in [3.63, 3.8) is 0 Å². The summed E-state index contributed by atoms with van der Waals surface area (Å²) in [6.45, 7) is 18.2. The van der Waals surface area contributed by atoms with Crippen molar-refractivity contribution in [3.8, 4) is 62.3 Å². The smallest absolute Gasteiger partial charge is 0.233 e. The third-order valence-electron chi connectivity index (χ3n) is 14.1. The number of aromatic nitrogens is 5. The lowest BCUT2D eigenvalue weighted by molar-refractivity contribution is -0.589. The van der Waals surface area contributed by atoms with E-state index in [9.17, 15) is 0 Å². The Balaban J connectivity index is 1.05. The molecule has 0 saturated carbocycles. The normalized spacial score (nSPS) is 12.2. The van der Waals surface area contributed by atoms with Crippen molar-refractivity contribution < 1.29 is 9.30 Å². The summed E-state index contributed by atoms with van der Waals surface area (Å²) in [4.78, 5) is 4.99. The molecular weight excluding hydrogens is 879 g/mol. The number of hydrogen-bond donors (Lipinski definition) is 0. The van der Waals surface area contributed by atoms with Gasteiger partial charge in [-0.15, -0.1) is 0 Å². The van der Waals surface area contributed by atoms with Gasteiger partial charge in [-0.1, -0.05) is 213 Å². The predicted octanol–water partition coefficient (Wildman–Crippen LogP) is 16.2.